The van der Waals surface area contributed by atoms with Crippen molar-refractivity contribution in [2.45, 2.75) is 25.9 Å². The molecular weight excluding hydrogens is 761 g/mol. The third-order valence-corrected chi connectivity index (χ3v) is 9.06. The van der Waals surface area contributed by atoms with Gasteiger partial charge in [0, 0.05) is 11.1 Å². The Morgan fingerprint density at radius 2 is 0.867 bits per heavy atom. The Labute approximate surface area is 346 Å². The maximum absolute atomic E-state index is 13.2. The fourth-order valence-electron chi connectivity index (χ4n) is 5.94. The molecule has 60 heavy (non-hydrogen) atoms. The lowest BCUT2D eigenvalue weighted by Gasteiger charge is -2.18. The van der Waals surface area contributed by atoms with Crippen LogP contribution in [0.25, 0.3) is 11.1 Å². The Morgan fingerprint density at radius 1 is 0.500 bits per heavy atom. The van der Waals surface area contributed by atoms with Gasteiger partial charge in [0.25, 0.3) is 11.8 Å². The van der Waals surface area contributed by atoms with Gasteiger partial charge >= 0.3 is 11.9 Å². The van der Waals surface area contributed by atoms with Gasteiger partial charge in [0.2, 0.25) is 0 Å². The van der Waals surface area contributed by atoms with Gasteiger partial charge in [0.15, 0.2) is 12.1 Å². The minimum absolute atomic E-state index is 0.169. The number of anilines is 2. The van der Waals surface area contributed by atoms with Crippen LogP contribution in [0.15, 0.2) is 166 Å². The lowest BCUT2D eigenvalue weighted by Crippen LogP contribution is -2.35. The number of nitrogen functional groups attached to an aromatic ring is 2. The van der Waals surface area contributed by atoms with Gasteiger partial charge in [-0.1, -0.05) is 84.9 Å². The second kappa shape index (κ2) is 19.9. The largest absolute Gasteiger partial charge is 0.464 e. The molecule has 14 nitrogen and oxygen atoms in total. The number of benzene rings is 6. The van der Waals surface area contributed by atoms with Crippen LogP contribution in [0, 0.1) is 0 Å². The molecule has 302 valence electrons. The predicted molar refractivity (Wildman–Crippen MR) is 229 cm³/mol. The fraction of sp³-hybridized carbons (Fsp3) is 0.130. The number of hydrogen-bond donors (Lipinski definition) is 4. The average Bonchev–Trinajstić information content (AvgIpc) is 3.27. The average molecular weight is 803 g/mol. The summed E-state index contributed by atoms with van der Waals surface area (Å²) < 4.78 is 10.4. The predicted octanol–water partition coefficient (Wildman–Crippen LogP) is 9.42. The first-order valence-corrected chi connectivity index (χ1v) is 19.0. The third-order valence-electron chi connectivity index (χ3n) is 9.06. The molecule has 6 aromatic carbocycles. The topological polar surface area (TPSA) is 212 Å². The van der Waals surface area contributed by atoms with E-state index in [-0.39, 0.29) is 35.7 Å². The summed E-state index contributed by atoms with van der Waals surface area (Å²) in [5.41, 5.74) is 18.1. The number of nitrogens with one attached hydrogen (secondary N) is 2. The highest BCUT2D eigenvalue weighted by Gasteiger charge is 2.26. The van der Waals surface area contributed by atoms with E-state index in [1.54, 1.807) is 111 Å². The van der Waals surface area contributed by atoms with Crippen molar-refractivity contribution in [2.75, 3.05) is 24.7 Å². The van der Waals surface area contributed by atoms with Crippen molar-refractivity contribution in [1.82, 2.24) is 10.6 Å². The minimum Gasteiger partial charge on any atom is -0.464 e. The van der Waals surface area contributed by atoms with E-state index in [0.29, 0.717) is 33.9 Å². The van der Waals surface area contributed by atoms with E-state index in [1.807, 2.05) is 36.4 Å². The van der Waals surface area contributed by atoms with Crippen LogP contribution in [0.3, 0.4) is 0 Å². The second-order valence-electron chi connectivity index (χ2n) is 13.2. The van der Waals surface area contributed by atoms with Crippen molar-refractivity contribution in [1.29, 1.82) is 0 Å². The number of amides is 2. The monoisotopic (exact) mass is 802 g/mol. The number of nitrogens with two attached hydrogens (primary N) is 2. The molecule has 0 bridgehead atoms. The van der Waals surface area contributed by atoms with Crippen LogP contribution < -0.4 is 22.1 Å². The molecule has 0 aliphatic carbocycles. The van der Waals surface area contributed by atoms with Gasteiger partial charge in [-0.3, -0.25) is 9.59 Å². The van der Waals surface area contributed by atoms with Crippen molar-refractivity contribution >= 4 is 57.9 Å². The van der Waals surface area contributed by atoms with Crippen LogP contribution >= 0.6 is 0 Å². The van der Waals surface area contributed by atoms with Crippen LogP contribution in [-0.2, 0) is 19.1 Å². The number of hydrogen-bond acceptors (Lipinski definition) is 12. The van der Waals surface area contributed by atoms with Crippen molar-refractivity contribution in [3.8, 4) is 11.1 Å². The quantitative estimate of drug-likeness (QED) is 0.0445. The summed E-state index contributed by atoms with van der Waals surface area (Å²) in [5, 5.41) is 22.7. The SMILES string of the molecule is CCOC(=O)C(NC(=O)c1ccc(N)c(N=Nc2ccc(-c3ccc(N=Nc4cc(C(=O)NC(C(=O)OCC)c5ccccc5)ccc4N)cc3)cc2)c1)c1ccccc1. The van der Waals surface area contributed by atoms with Crippen LogP contribution in [0.1, 0.15) is 57.8 Å². The highest BCUT2D eigenvalue weighted by molar-refractivity contribution is 5.99. The molecular formula is C46H42N8O6. The van der Waals surface area contributed by atoms with E-state index >= 15 is 0 Å². The van der Waals surface area contributed by atoms with Gasteiger partial charge in [-0.05, 0) is 96.8 Å². The van der Waals surface area contributed by atoms with Crippen molar-refractivity contribution in [3.63, 3.8) is 0 Å². The molecule has 0 radical (unpaired) electrons. The van der Waals surface area contributed by atoms with E-state index in [2.05, 4.69) is 31.1 Å². The number of azo groups is 2. The molecule has 0 spiro atoms. The molecule has 6 N–H and O–H groups in total. The van der Waals surface area contributed by atoms with Gasteiger partial charge in [-0.15, -0.1) is 10.2 Å². The van der Waals surface area contributed by atoms with E-state index in [0.717, 1.165) is 11.1 Å². The number of carbonyl (C=O) groups excluding carboxylic acids is 4. The van der Waals surface area contributed by atoms with E-state index in [1.165, 1.54) is 12.1 Å². The Kier molecular flexibility index (Phi) is 13.8. The Balaban J connectivity index is 1.09. The Hall–Kier alpha value is -8.00. The molecule has 0 aliphatic rings. The first kappa shape index (κ1) is 41.6. The zero-order valence-corrected chi connectivity index (χ0v) is 32.8. The number of nitrogens with zero attached hydrogens (tertiary/aromatic N) is 4. The standard InChI is InChI=1S/C46H42N8O6/c1-3-59-45(57)41(31-11-7-5-8-12-31)49-43(55)33-19-25-37(47)39(27-33)53-51-35-21-15-29(16-22-35)30-17-23-36(24-18-30)52-54-40-28-34(20-26-38(40)48)44(56)50-42(46(58)60-4-2)32-13-9-6-10-14-32/h5-28,41-42H,3-4,47-48H2,1-2H3,(H,49,55)(H,50,56). The molecule has 0 fully saturated rings. The van der Waals surface area contributed by atoms with Gasteiger partial charge in [0.1, 0.15) is 11.4 Å². The molecule has 2 atom stereocenters. The smallest absolute Gasteiger partial charge is 0.333 e. The lowest BCUT2D eigenvalue weighted by molar-refractivity contribution is -0.146. The normalized spacial score (nSPS) is 12.1. The molecule has 0 aliphatic heterocycles. The number of esters is 2. The van der Waals surface area contributed by atoms with Crippen molar-refractivity contribution in [3.05, 3.63) is 168 Å². The van der Waals surface area contributed by atoms with E-state index in [9.17, 15) is 19.2 Å². The molecule has 0 saturated carbocycles. The fourth-order valence-corrected chi connectivity index (χ4v) is 5.94. The van der Waals surface area contributed by atoms with Crippen molar-refractivity contribution in [2.24, 2.45) is 20.5 Å². The summed E-state index contributed by atoms with van der Waals surface area (Å²) in [7, 11) is 0. The molecule has 14 heteroatoms. The summed E-state index contributed by atoms with van der Waals surface area (Å²) in [4.78, 5) is 51.9. The maximum atomic E-state index is 13.2. The molecule has 0 saturated heterocycles. The Bertz CT molecular complexity index is 2340. The van der Waals surface area contributed by atoms with E-state index < -0.39 is 35.8 Å². The molecule has 0 aromatic heterocycles. The van der Waals surface area contributed by atoms with Gasteiger partial charge < -0.3 is 31.6 Å². The summed E-state index contributed by atoms with van der Waals surface area (Å²) in [5.74, 6) is -2.15. The zero-order valence-electron chi connectivity index (χ0n) is 32.8. The molecule has 0 heterocycles. The summed E-state index contributed by atoms with van der Waals surface area (Å²) >= 11 is 0. The van der Waals surface area contributed by atoms with Gasteiger partial charge in [-0.25, -0.2) is 9.59 Å². The summed E-state index contributed by atoms with van der Waals surface area (Å²) in [6.45, 7) is 3.74. The van der Waals surface area contributed by atoms with Crippen LogP contribution in [0.5, 0.6) is 0 Å². The van der Waals surface area contributed by atoms with Crippen LogP contribution in [0.2, 0.25) is 0 Å². The number of ether oxygens (including phenoxy) is 2. The second-order valence-corrected chi connectivity index (χ2v) is 13.2. The maximum Gasteiger partial charge on any atom is 0.333 e. The minimum atomic E-state index is -0.995. The Morgan fingerprint density at radius 3 is 1.22 bits per heavy atom. The lowest BCUT2D eigenvalue weighted by atomic mass is 10.1. The van der Waals surface area contributed by atoms with Crippen LogP contribution in [-0.4, -0.2) is 37.0 Å². The molecule has 6 aromatic rings. The van der Waals surface area contributed by atoms with Gasteiger partial charge in [0.05, 0.1) is 36.0 Å². The first-order valence-electron chi connectivity index (χ1n) is 19.0. The highest BCUT2D eigenvalue weighted by Crippen LogP contribution is 2.31. The first-order chi connectivity index (χ1) is 29.1. The highest BCUT2D eigenvalue weighted by atomic mass is 16.5. The third kappa shape index (κ3) is 10.7. The molecule has 2 unspecified atom stereocenters. The van der Waals surface area contributed by atoms with Crippen LogP contribution in [0.4, 0.5) is 34.1 Å². The number of carbonyl (C=O) groups is 4. The number of rotatable bonds is 15. The van der Waals surface area contributed by atoms with Gasteiger partial charge in [-0.2, -0.15) is 10.2 Å². The molecule has 6 rings (SSSR count). The summed E-state index contributed by atoms with van der Waals surface area (Å²) in [6, 6.07) is 39.6. The van der Waals surface area contributed by atoms with E-state index in [4.69, 9.17) is 20.9 Å². The summed E-state index contributed by atoms with van der Waals surface area (Å²) in [6.07, 6.45) is 0. The zero-order chi connectivity index (χ0) is 42.4. The van der Waals surface area contributed by atoms with Crippen molar-refractivity contribution < 1.29 is 28.7 Å². The molecule has 2 amide bonds.